The number of H-pyrrole nitrogens is 1. The molecule has 2 rings (SSSR count). The molecule has 0 radical (unpaired) electrons. The first-order chi connectivity index (χ1) is 8.68. The predicted molar refractivity (Wildman–Crippen MR) is 69.9 cm³/mol. The van der Waals surface area contributed by atoms with E-state index in [1.54, 1.807) is 6.20 Å². The fourth-order valence-electron chi connectivity index (χ4n) is 2.72. The molecule has 1 aromatic rings. The van der Waals surface area contributed by atoms with Crippen LogP contribution < -0.4 is 5.32 Å². The Kier molecular flexibility index (Phi) is 4.01. The van der Waals surface area contributed by atoms with E-state index in [9.17, 15) is 4.79 Å². The molecule has 1 amide bonds. The average Bonchev–Trinajstić information content (AvgIpc) is 2.91. The van der Waals surface area contributed by atoms with Crippen molar-refractivity contribution in [3.63, 3.8) is 0 Å². The monoisotopic (exact) mass is 250 g/mol. The smallest absolute Gasteiger partial charge is 0.230 e. The Labute approximate surface area is 108 Å². The van der Waals surface area contributed by atoms with Crippen LogP contribution in [0.3, 0.4) is 0 Å². The molecule has 0 saturated carbocycles. The lowest BCUT2D eigenvalue weighted by Crippen LogP contribution is -2.50. The van der Waals surface area contributed by atoms with Crippen LogP contribution in [0.5, 0.6) is 0 Å². The number of nitrogens with zero attached hydrogens (tertiary/aromatic N) is 2. The predicted octanol–water partition coefficient (Wildman–Crippen LogP) is 1.15. The maximum Gasteiger partial charge on any atom is 0.230 e. The normalized spacial score (nSPS) is 23.9. The zero-order valence-corrected chi connectivity index (χ0v) is 11.2. The number of hydrogen-bond donors (Lipinski definition) is 2. The Balaban J connectivity index is 2.04. The van der Waals surface area contributed by atoms with Gasteiger partial charge in [-0.15, -0.1) is 0 Å². The highest BCUT2D eigenvalue weighted by Crippen LogP contribution is 2.32. The molecule has 1 aliphatic rings. The first-order valence-corrected chi connectivity index (χ1v) is 6.62. The van der Waals surface area contributed by atoms with Crippen molar-refractivity contribution in [2.24, 2.45) is 5.41 Å². The van der Waals surface area contributed by atoms with Crippen molar-refractivity contribution < 1.29 is 4.79 Å². The fraction of sp³-hybridized carbons (Fsp3) is 0.692. The summed E-state index contributed by atoms with van der Waals surface area (Å²) in [5.74, 6) is 0.249. The third-order valence-electron chi connectivity index (χ3n) is 3.92. The van der Waals surface area contributed by atoms with Crippen LogP contribution in [0.2, 0.25) is 0 Å². The summed E-state index contributed by atoms with van der Waals surface area (Å²) in [7, 11) is 1.88. The summed E-state index contributed by atoms with van der Waals surface area (Å²) in [6.07, 6.45) is 6.57. The quantitative estimate of drug-likeness (QED) is 0.842. The molecule has 0 bridgehead atoms. The third-order valence-corrected chi connectivity index (χ3v) is 3.92. The molecule has 2 N–H and O–H groups in total. The number of nitrogens with one attached hydrogen (secondary N) is 2. The number of rotatable bonds is 4. The second-order valence-corrected chi connectivity index (χ2v) is 5.18. The standard InChI is InChI=1S/C13H22N4O/c1-3-13(5-4-6-14-10-13)12(18)17(2)9-11-7-15-16-8-11/h7-8,14H,3-6,9-10H2,1-2H3,(H,15,16). The minimum absolute atomic E-state index is 0.212. The van der Waals surface area contributed by atoms with Crippen LogP contribution in [0.25, 0.3) is 0 Å². The van der Waals surface area contributed by atoms with Gasteiger partial charge in [0.1, 0.15) is 0 Å². The highest BCUT2D eigenvalue weighted by Gasteiger charge is 2.39. The van der Waals surface area contributed by atoms with Gasteiger partial charge in [-0.05, 0) is 25.8 Å². The van der Waals surface area contributed by atoms with Crippen molar-refractivity contribution in [3.8, 4) is 0 Å². The van der Waals surface area contributed by atoms with Crippen molar-refractivity contribution in [1.29, 1.82) is 0 Å². The summed E-state index contributed by atoms with van der Waals surface area (Å²) in [5.41, 5.74) is 0.831. The first kappa shape index (κ1) is 13.1. The highest BCUT2D eigenvalue weighted by molar-refractivity contribution is 5.82. The highest BCUT2D eigenvalue weighted by atomic mass is 16.2. The second kappa shape index (κ2) is 5.52. The number of amides is 1. The number of hydrogen-bond acceptors (Lipinski definition) is 3. The molecule has 1 aliphatic heterocycles. The molecule has 1 saturated heterocycles. The molecule has 0 spiro atoms. The summed E-state index contributed by atoms with van der Waals surface area (Å²) in [6.45, 7) is 4.56. The third kappa shape index (κ3) is 2.56. The zero-order valence-electron chi connectivity index (χ0n) is 11.2. The molecule has 18 heavy (non-hydrogen) atoms. The molecule has 1 aromatic heterocycles. The Morgan fingerprint density at radius 3 is 3.00 bits per heavy atom. The van der Waals surface area contributed by atoms with Gasteiger partial charge in [0.15, 0.2) is 0 Å². The second-order valence-electron chi connectivity index (χ2n) is 5.18. The SMILES string of the molecule is CCC1(C(=O)N(C)Cc2cn[nH]c2)CCCNC1. The lowest BCUT2D eigenvalue weighted by molar-refractivity contribution is -0.142. The van der Waals surface area contributed by atoms with Crippen molar-refractivity contribution in [1.82, 2.24) is 20.4 Å². The van der Waals surface area contributed by atoms with Gasteiger partial charge in [-0.1, -0.05) is 6.92 Å². The molecule has 100 valence electrons. The Morgan fingerprint density at radius 2 is 2.44 bits per heavy atom. The summed E-state index contributed by atoms with van der Waals surface area (Å²) in [4.78, 5) is 14.5. The fourth-order valence-corrected chi connectivity index (χ4v) is 2.72. The lowest BCUT2D eigenvalue weighted by Gasteiger charge is -2.38. The summed E-state index contributed by atoms with van der Waals surface area (Å²) in [5, 5.41) is 10.0. The number of aromatic amines is 1. The van der Waals surface area contributed by atoms with E-state index < -0.39 is 0 Å². The lowest BCUT2D eigenvalue weighted by atomic mass is 9.77. The van der Waals surface area contributed by atoms with E-state index >= 15 is 0 Å². The van der Waals surface area contributed by atoms with Crippen LogP contribution in [0, 0.1) is 5.41 Å². The Hall–Kier alpha value is -1.36. The average molecular weight is 250 g/mol. The van der Waals surface area contributed by atoms with Crippen LogP contribution in [-0.2, 0) is 11.3 Å². The van der Waals surface area contributed by atoms with Crippen molar-refractivity contribution in [2.45, 2.75) is 32.7 Å². The van der Waals surface area contributed by atoms with E-state index in [0.717, 1.165) is 37.9 Å². The van der Waals surface area contributed by atoms with E-state index in [2.05, 4.69) is 22.4 Å². The van der Waals surface area contributed by atoms with Crippen molar-refractivity contribution in [3.05, 3.63) is 18.0 Å². The van der Waals surface area contributed by atoms with Gasteiger partial charge in [-0.3, -0.25) is 9.89 Å². The van der Waals surface area contributed by atoms with E-state index in [4.69, 9.17) is 0 Å². The largest absolute Gasteiger partial charge is 0.341 e. The van der Waals surface area contributed by atoms with Gasteiger partial charge in [0.25, 0.3) is 0 Å². The van der Waals surface area contributed by atoms with Crippen molar-refractivity contribution >= 4 is 5.91 Å². The molecule has 0 aromatic carbocycles. The van der Waals surface area contributed by atoms with Crippen molar-refractivity contribution in [2.75, 3.05) is 20.1 Å². The van der Waals surface area contributed by atoms with Crippen LogP contribution in [0.4, 0.5) is 0 Å². The number of carbonyl (C=O) groups is 1. The van der Waals surface area contributed by atoms with Gasteiger partial charge in [0, 0.05) is 31.9 Å². The van der Waals surface area contributed by atoms with E-state index in [0.29, 0.717) is 6.54 Å². The van der Waals surface area contributed by atoms with Gasteiger partial charge in [0.2, 0.25) is 5.91 Å². The van der Waals surface area contributed by atoms with E-state index in [1.807, 2.05) is 18.1 Å². The molecule has 0 aliphatic carbocycles. The number of carbonyl (C=O) groups excluding carboxylic acids is 1. The van der Waals surface area contributed by atoms with Gasteiger partial charge in [-0.2, -0.15) is 5.10 Å². The molecular weight excluding hydrogens is 228 g/mol. The zero-order chi connectivity index (χ0) is 13.0. The molecule has 1 atom stereocenters. The minimum Gasteiger partial charge on any atom is -0.341 e. The first-order valence-electron chi connectivity index (χ1n) is 6.62. The minimum atomic E-state index is -0.212. The van der Waals surface area contributed by atoms with E-state index in [1.165, 1.54) is 0 Å². The summed E-state index contributed by atoms with van der Waals surface area (Å²) < 4.78 is 0. The Bertz CT molecular complexity index is 382. The molecule has 1 fully saturated rings. The number of piperidine rings is 1. The molecule has 1 unspecified atom stereocenters. The van der Waals surface area contributed by atoms with Gasteiger partial charge < -0.3 is 10.2 Å². The van der Waals surface area contributed by atoms with Gasteiger partial charge in [-0.25, -0.2) is 0 Å². The topological polar surface area (TPSA) is 61.0 Å². The van der Waals surface area contributed by atoms with E-state index in [-0.39, 0.29) is 11.3 Å². The summed E-state index contributed by atoms with van der Waals surface area (Å²) in [6, 6.07) is 0. The molecule has 2 heterocycles. The molecule has 5 heteroatoms. The Morgan fingerprint density at radius 1 is 1.61 bits per heavy atom. The maximum absolute atomic E-state index is 12.6. The van der Waals surface area contributed by atoms with Crippen LogP contribution in [0.1, 0.15) is 31.7 Å². The maximum atomic E-state index is 12.6. The summed E-state index contributed by atoms with van der Waals surface area (Å²) >= 11 is 0. The number of aromatic nitrogens is 2. The van der Waals surface area contributed by atoms with Crippen LogP contribution >= 0.6 is 0 Å². The molecular formula is C13H22N4O. The van der Waals surface area contributed by atoms with Crippen LogP contribution in [-0.4, -0.2) is 41.1 Å². The van der Waals surface area contributed by atoms with Gasteiger partial charge >= 0.3 is 0 Å². The molecule has 5 nitrogen and oxygen atoms in total. The van der Waals surface area contributed by atoms with Crippen LogP contribution in [0.15, 0.2) is 12.4 Å². The van der Waals surface area contributed by atoms with Gasteiger partial charge in [0.05, 0.1) is 11.6 Å².